The Morgan fingerprint density at radius 2 is 2.04 bits per heavy atom. The number of benzene rings is 1. The van der Waals surface area contributed by atoms with Gasteiger partial charge in [-0.3, -0.25) is 14.6 Å². The molecular formula is C16H16ClF3N4O3. The summed E-state index contributed by atoms with van der Waals surface area (Å²) in [4.78, 5) is 31.8. The summed E-state index contributed by atoms with van der Waals surface area (Å²) in [6.45, 7) is 0.167. The number of alkyl halides is 3. The Hall–Kier alpha value is -2.75. The lowest BCUT2D eigenvalue weighted by molar-refractivity contribution is -0.274. The van der Waals surface area contributed by atoms with Crippen molar-refractivity contribution in [1.29, 1.82) is 0 Å². The lowest BCUT2D eigenvalue weighted by Crippen LogP contribution is -2.29. The normalized spacial score (nSPS) is 11.2. The van der Waals surface area contributed by atoms with Crippen LogP contribution >= 0.6 is 11.6 Å². The second-order valence-electron chi connectivity index (χ2n) is 5.67. The predicted octanol–water partition coefficient (Wildman–Crippen LogP) is 2.36. The molecule has 0 aliphatic carbocycles. The van der Waals surface area contributed by atoms with E-state index in [-0.39, 0.29) is 23.2 Å². The summed E-state index contributed by atoms with van der Waals surface area (Å²) in [5.41, 5.74) is 0.0861. The number of hydrogen-bond acceptors (Lipinski definition) is 5. The van der Waals surface area contributed by atoms with Crippen molar-refractivity contribution in [1.82, 2.24) is 15.3 Å². The number of carbonyl (C=O) groups excluding carboxylic acids is 1. The van der Waals surface area contributed by atoms with Gasteiger partial charge in [0, 0.05) is 26.7 Å². The number of ether oxygens (including phenoxy) is 1. The highest BCUT2D eigenvalue weighted by atomic mass is 35.5. The Morgan fingerprint density at radius 1 is 1.33 bits per heavy atom. The Morgan fingerprint density at radius 3 is 2.63 bits per heavy atom. The van der Waals surface area contributed by atoms with Gasteiger partial charge in [-0.15, -0.1) is 13.2 Å². The largest absolute Gasteiger partial charge is 0.573 e. The van der Waals surface area contributed by atoms with E-state index in [9.17, 15) is 22.8 Å². The van der Waals surface area contributed by atoms with E-state index in [2.05, 4.69) is 20.0 Å². The minimum Gasteiger partial charge on any atom is -0.404 e. The van der Waals surface area contributed by atoms with Gasteiger partial charge in [-0.1, -0.05) is 17.7 Å². The van der Waals surface area contributed by atoms with Crippen molar-refractivity contribution < 1.29 is 22.7 Å². The smallest absolute Gasteiger partial charge is 0.404 e. The second kappa shape index (κ2) is 8.30. The first kappa shape index (κ1) is 20.6. The van der Waals surface area contributed by atoms with Gasteiger partial charge < -0.3 is 15.0 Å². The van der Waals surface area contributed by atoms with Crippen LogP contribution in [0.2, 0.25) is 5.02 Å². The highest BCUT2D eigenvalue weighted by Gasteiger charge is 2.32. The zero-order valence-electron chi connectivity index (χ0n) is 14.4. The molecule has 1 aromatic carbocycles. The maximum atomic E-state index is 12.2. The van der Waals surface area contributed by atoms with E-state index in [0.717, 1.165) is 12.1 Å². The molecule has 2 aromatic rings. The molecule has 0 unspecified atom stereocenters. The van der Waals surface area contributed by atoms with Crippen molar-refractivity contribution in [3.05, 3.63) is 50.9 Å². The second-order valence-corrected chi connectivity index (χ2v) is 6.07. The van der Waals surface area contributed by atoms with Crippen LogP contribution < -0.4 is 20.5 Å². The predicted molar refractivity (Wildman–Crippen MR) is 93.4 cm³/mol. The Kier molecular flexibility index (Phi) is 6.32. The first-order chi connectivity index (χ1) is 12.5. The van der Waals surface area contributed by atoms with E-state index in [0.29, 0.717) is 12.0 Å². The first-order valence-electron chi connectivity index (χ1n) is 7.66. The molecule has 11 heteroatoms. The highest BCUT2D eigenvalue weighted by Crippen LogP contribution is 2.30. The summed E-state index contributed by atoms with van der Waals surface area (Å²) < 4.78 is 40.4. The third-order valence-electron chi connectivity index (χ3n) is 3.31. The molecule has 1 aromatic heterocycles. The Balaban J connectivity index is 1.97. The third kappa shape index (κ3) is 6.17. The number of carbonyl (C=O) groups is 1. The van der Waals surface area contributed by atoms with Gasteiger partial charge in [0.25, 0.3) is 11.5 Å². The Bertz CT molecular complexity index is 884. The number of hydrogen-bond donors (Lipinski definition) is 2. The van der Waals surface area contributed by atoms with Crippen LogP contribution in [-0.2, 0) is 6.42 Å². The zero-order chi connectivity index (χ0) is 20.2. The molecule has 7 nitrogen and oxygen atoms in total. The van der Waals surface area contributed by atoms with E-state index in [1.807, 2.05) is 0 Å². The molecule has 0 aliphatic heterocycles. The molecule has 1 heterocycles. The minimum absolute atomic E-state index is 0.0468. The molecule has 0 fully saturated rings. The molecule has 0 aliphatic rings. The van der Waals surface area contributed by atoms with E-state index in [4.69, 9.17) is 11.6 Å². The van der Waals surface area contributed by atoms with E-state index >= 15 is 0 Å². The molecular weight excluding hydrogens is 389 g/mol. The highest BCUT2D eigenvalue weighted by molar-refractivity contribution is 6.32. The number of nitrogens with one attached hydrogen (secondary N) is 2. The third-order valence-corrected chi connectivity index (χ3v) is 3.60. The molecule has 2 rings (SSSR count). The van der Waals surface area contributed by atoms with Crippen molar-refractivity contribution in [3.63, 3.8) is 0 Å². The summed E-state index contributed by atoms with van der Waals surface area (Å²) >= 11 is 5.77. The zero-order valence-corrected chi connectivity index (χ0v) is 15.1. The van der Waals surface area contributed by atoms with Crippen molar-refractivity contribution in [2.45, 2.75) is 12.8 Å². The van der Waals surface area contributed by atoms with Crippen LogP contribution in [0.3, 0.4) is 0 Å². The molecule has 146 valence electrons. The molecule has 0 saturated heterocycles. The number of aromatic amines is 1. The number of halogens is 4. The van der Waals surface area contributed by atoms with E-state index < -0.39 is 23.6 Å². The number of H-pyrrole nitrogens is 1. The average molecular weight is 405 g/mol. The molecule has 0 bridgehead atoms. The van der Waals surface area contributed by atoms with Gasteiger partial charge in [-0.25, -0.2) is 4.98 Å². The van der Waals surface area contributed by atoms with Crippen LogP contribution in [0.5, 0.6) is 5.75 Å². The van der Waals surface area contributed by atoms with Gasteiger partial charge in [0.2, 0.25) is 5.95 Å². The lowest BCUT2D eigenvalue weighted by Gasteiger charge is -2.12. The van der Waals surface area contributed by atoms with Crippen molar-refractivity contribution in [2.24, 2.45) is 0 Å². The number of nitrogens with zero attached hydrogens (tertiary/aromatic N) is 2. The summed E-state index contributed by atoms with van der Waals surface area (Å²) in [6, 6.07) is 4.91. The van der Waals surface area contributed by atoms with Crippen molar-refractivity contribution in [2.75, 3.05) is 25.5 Å². The van der Waals surface area contributed by atoms with Gasteiger partial charge in [0.1, 0.15) is 11.4 Å². The fourth-order valence-electron chi connectivity index (χ4n) is 2.09. The maximum absolute atomic E-state index is 12.2. The van der Waals surface area contributed by atoms with Crippen molar-refractivity contribution >= 4 is 23.5 Å². The van der Waals surface area contributed by atoms with Crippen LogP contribution in [0.15, 0.2) is 29.1 Å². The summed E-state index contributed by atoms with van der Waals surface area (Å²) in [5.74, 6) is -0.812. The van der Waals surface area contributed by atoms with Gasteiger partial charge in [-0.2, -0.15) is 0 Å². The molecule has 0 atom stereocenters. The quantitative estimate of drug-likeness (QED) is 0.771. The van der Waals surface area contributed by atoms with Crippen LogP contribution in [0.25, 0.3) is 0 Å². The van der Waals surface area contributed by atoms with Gasteiger partial charge in [0.05, 0.1) is 5.02 Å². The molecule has 0 saturated carbocycles. The summed E-state index contributed by atoms with van der Waals surface area (Å²) in [7, 11) is 3.33. The topological polar surface area (TPSA) is 87.3 Å². The fourth-order valence-corrected chi connectivity index (χ4v) is 2.33. The molecule has 0 spiro atoms. The maximum Gasteiger partial charge on any atom is 0.573 e. The van der Waals surface area contributed by atoms with Crippen molar-refractivity contribution in [3.8, 4) is 5.75 Å². The number of anilines is 1. The average Bonchev–Trinajstić information content (AvgIpc) is 2.55. The standard InChI is InChI=1S/C16H16ClF3N4O3/c1-24(2)15-22-11(8-13(25)23-15)14(26)21-6-5-9-3-4-12(10(17)7-9)27-16(18,19)20/h3-4,7-8H,5-6H2,1-2H3,(H,21,26)(H,22,23,25). The molecule has 1 amide bonds. The minimum atomic E-state index is -4.83. The fraction of sp³-hybridized carbons (Fsp3) is 0.312. The van der Waals surface area contributed by atoms with Gasteiger partial charge in [0.15, 0.2) is 0 Å². The first-order valence-corrected chi connectivity index (χ1v) is 8.04. The van der Waals surface area contributed by atoms with E-state index in [1.165, 1.54) is 12.1 Å². The van der Waals surface area contributed by atoms with E-state index in [1.54, 1.807) is 19.0 Å². The van der Waals surface area contributed by atoms with Crippen LogP contribution in [0, 0.1) is 0 Å². The van der Waals surface area contributed by atoms with Gasteiger partial charge in [-0.05, 0) is 24.1 Å². The SMILES string of the molecule is CN(C)c1nc(C(=O)NCCc2ccc(OC(F)(F)F)c(Cl)c2)cc(=O)[nH]1. The van der Waals surface area contributed by atoms with Crippen LogP contribution in [0.1, 0.15) is 16.1 Å². The van der Waals surface area contributed by atoms with Crippen LogP contribution in [0.4, 0.5) is 19.1 Å². The number of rotatable bonds is 6. The molecule has 0 radical (unpaired) electrons. The molecule has 2 N–H and O–H groups in total. The van der Waals surface area contributed by atoms with Crippen LogP contribution in [-0.4, -0.2) is 42.9 Å². The van der Waals surface area contributed by atoms with Gasteiger partial charge >= 0.3 is 6.36 Å². The summed E-state index contributed by atoms with van der Waals surface area (Å²) in [5, 5.41) is 2.39. The monoisotopic (exact) mass is 404 g/mol. The molecule has 27 heavy (non-hydrogen) atoms. The number of aromatic nitrogens is 2. The lowest BCUT2D eigenvalue weighted by atomic mass is 10.1. The number of amides is 1. The Labute approximate surface area is 157 Å². The summed E-state index contributed by atoms with van der Waals surface area (Å²) in [6.07, 6.45) is -4.52.